The molecule has 7 heteroatoms. The summed E-state index contributed by atoms with van der Waals surface area (Å²) >= 11 is 1.73. The number of fused-ring (bicyclic) bond motifs is 1. The number of benzene rings is 1. The minimum Gasteiger partial charge on any atom is -0.497 e. The van der Waals surface area contributed by atoms with E-state index in [1.807, 2.05) is 41.0 Å². The van der Waals surface area contributed by atoms with Crippen LogP contribution in [0.4, 0.5) is 0 Å². The molecule has 2 aromatic rings. The number of ether oxygens (including phenoxy) is 2. The van der Waals surface area contributed by atoms with Gasteiger partial charge < -0.3 is 19.5 Å². The Labute approximate surface area is 195 Å². The zero-order valence-corrected chi connectivity index (χ0v) is 20.2. The maximum Gasteiger partial charge on any atom is 0.237 e. The van der Waals surface area contributed by atoms with E-state index in [-0.39, 0.29) is 24.5 Å². The van der Waals surface area contributed by atoms with Gasteiger partial charge in [-0.15, -0.1) is 17.9 Å². The fourth-order valence-corrected chi connectivity index (χ4v) is 4.91. The van der Waals surface area contributed by atoms with E-state index >= 15 is 0 Å². The van der Waals surface area contributed by atoms with Crippen LogP contribution in [-0.2, 0) is 11.2 Å². The van der Waals surface area contributed by atoms with Crippen molar-refractivity contribution >= 4 is 17.2 Å². The largest absolute Gasteiger partial charge is 0.497 e. The molecule has 0 saturated carbocycles. The molecule has 6 nitrogen and oxygen atoms in total. The van der Waals surface area contributed by atoms with Crippen LogP contribution < -0.4 is 9.47 Å². The summed E-state index contributed by atoms with van der Waals surface area (Å²) in [5.41, 5.74) is 0.226. The first-order valence-corrected chi connectivity index (χ1v) is 11.8. The van der Waals surface area contributed by atoms with Crippen LogP contribution in [0.5, 0.6) is 11.5 Å². The van der Waals surface area contributed by atoms with Crippen molar-refractivity contribution in [3.05, 3.63) is 58.8 Å². The van der Waals surface area contributed by atoms with E-state index in [1.165, 1.54) is 4.88 Å². The van der Waals surface area contributed by atoms with Crippen molar-refractivity contribution in [2.75, 3.05) is 33.4 Å². The zero-order chi connectivity index (χ0) is 23.3. The van der Waals surface area contributed by atoms with Gasteiger partial charge in [-0.05, 0) is 56.3 Å². The Morgan fingerprint density at radius 3 is 2.84 bits per heavy atom. The zero-order valence-electron chi connectivity index (χ0n) is 19.4. The molecule has 1 aromatic heterocycles. The van der Waals surface area contributed by atoms with E-state index in [2.05, 4.69) is 18.0 Å². The van der Waals surface area contributed by atoms with Crippen molar-refractivity contribution in [3.8, 4) is 11.5 Å². The number of amides is 1. The molecule has 1 aromatic carbocycles. The highest BCUT2D eigenvalue weighted by Crippen LogP contribution is 2.34. The van der Waals surface area contributed by atoms with E-state index in [1.54, 1.807) is 38.4 Å². The molecule has 0 spiro atoms. The van der Waals surface area contributed by atoms with Gasteiger partial charge in [-0.2, -0.15) is 0 Å². The lowest BCUT2D eigenvalue weighted by molar-refractivity contribution is -0.137. The Morgan fingerprint density at radius 1 is 1.41 bits per heavy atom. The molecule has 0 unspecified atom stereocenters. The SMILES string of the molecule is C=CCN(CC(=O)N1CCc2sccc2[C@H]1COc1cccc(OC)c1)[C@@H](C)C(C)(C)O. The van der Waals surface area contributed by atoms with Crippen LogP contribution in [0.2, 0.25) is 0 Å². The van der Waals surface area contributed by atoms with Gasteiger partial charge in [-0.3, -0.25) is 9.69 Å². The molecule has 2 heterocycles. The summed E-state index contributed by atoms with van der Waals surface area (Å²) in [6.07, 6.45) is 2.61. The molecule has 2 atom stereocenters. The number of rotatable bonds is 10. The number of carbonyl (C=O) groups is 1. The number of nitrogens with zero attached hydrogens (tertiary/aromatic N) is 2. The Hall–Kier alpha value is -2.35. The van der Waals surface area contributed by atoms with Gasteiger partial charge in [-0.25, -0.2) is 0 Å². The average Bonchev–Trinajstić information content (AvgIpc) is 3.25. The van der Waals surface area contributed by atoms with E-state index in [0.29, 0.717) is 25.4 Å². The summed E-state index contributed by atoms with van der Waals surface area (Å²) in [6, 6.07) is 9.24. The van der Waals surface area contributed by atoms with Gasteiger partial charge in [0.2, 0.25) is 5.91 Å². The van der Waals surface area contributed by atoms with Crippen LogP contribution in [0.25, 0.3) is 0 Å². The quantitative estimate of drug-likeness (QED) is 0.547. The highest BCUT2D eigenvalue weighted by atomic mass is 32.1. The second kappa shape index (κ2) is 10.5. The Bertz CT molecular complexity index is 921. The Balaban J connectivity index is 1.78. The van der Waals surface area contributed by atoms with E-state index < -0.39 is 5.60 Å². The van der Waals surface area contributed by atoms with Gasteiger partial charge in [0.05, 0.1) is 25.3 Å². The van der Waals surface area contributed by atoms with Crippen LogP contribution in [-0.4, -0.2) is 65.8 Å². The van der Waals surface area contributed by atoms with Gasteiger partial charge in [0.15, 0.2) is 0 Å². The lowest BCUT2D eigenvalue weighted by Gasteiger charge is -2.40. The maximum absolute atomic E-state index is 13.5. The van der Waals surface area contributed by atoms with Crippen LogP contribution >= 0.6 is 11.3 Å². The minimum atomic E-state index is -0.930. The van der Waals surface area contributed by atoms with E-state index in [9.17, 15) is 9.90 Å². The number of methoxy groups -OCH3 is 1. The summed E-state index contributed by atoms with van der Waals surface area (Å²) in [4.78, 5) is 18.7. The van der Waals surface area contributed by atoms with Gasteiger partial charge in [-0.1, -0.05) is 12.1 Å². The fraction of sp³-hybridized carbons (Fsp3) is 0.480. The Morgan fingerprint density at radius 2 is 2.16 bits per heavy atom. The number of aliphatic hydroxyl groups is 1. The van der Waals surface area contributed by atoms with Gasteiger partial charge in [0.25, 0.3) is 0 Å². The van der Waals surface area contributed by atoms with E-state index in [0.717, 1.165) is 17.7 Å². The second-order valence-electron chi connectivity index (χ2n) is 8.69. The second-order valence-corrected chi connectivity index (χ2v) is 9.69. The predicted octanol–water partition coefficient (Wildman–Crippen LogP) is 3.91. The normalized spacial score (nSPS) is 17.1. The molecule has 0 fully saturated rings. The third-order valence-corrected chi connectivity index (χ3v) is 7.13. The molecule has 1 N–H and O–H groups in total. The first-order valence-electron chi connectivity index (χ1n) is 10.9. The molecule has 0 radical (unpaired) electrons. The van der Waals surface area contributed by atoms with Crippen molar-refractivity contribution < 1.29 is 19.4 Å². The number of hydrogen-bond acceptors (Lipinski definition) is 6. The molecule has 0 bridgehead atoms. The first-order chi connectivity index (χ1) is 15.2. The molecular formula is C25H34N2O4S. The minimum absolute atomic E-state index is 0.0269. The summed E-state index contributed by atoms with van der Waals surface area (Å²) in [7, 11) is 1.63. The Kier molecular flexibility index (Phi) is 7.98. The third kappa shape index (κ3) is 5.71. The predicted molar refractivity (Wildman–Crippen MR) is 128 cm³/mol. The van der Waals surface area contributed by atoms with Crippen molar-refractivity contribution in [3.63, 3.8) is 0 Å². The highest BCUT2D eigenvalue weighted by molar-refractivity contribution is 7.10. The van der Waals surface area contributed by atoms with Crippen molar-refractivity contribution in [1.29, 1.82) is 0 Å². The van der Waals surface area contributed by atoms with Crippen LogP contribution in [0, 0.1) is 0 Å². The van der Waals surface area contributed by atoms with Crippen molar-refractivity contribution in [1.82, 2.24) is 9.80 Å². The number of hydrogen-bond donors (Lipinski definition) is 1. The molecule has 1 aliphatic heterocycles. The lowest BCUT2D eigenvalue weighted by atomic mass is 9.98. The molecule has 3 rings (SSSR count). The topological polar surface area (TPSA) is 62.2 Å². The molecule has 0 saturated heterocycles. The van der Waals surface area contributed by atoms with E-state index in [4.69, 9.17) is 9.47 Å². The number of carbonyl (C=O) groups excluding carboxylic acids is 1. The third-order valence-electron chi connectivity index (χ3n) is 6.14. The number of thiophene rings is 1. The highest BCUT2D eigenvalue weighted by Gasteiger charge is 2.35. The van der Waals surface area contributed by atoms with Gasteiger partial charge >= 0.3 is 0 Å². The van der Waals surface area contributed by atoms with Crippen molar-refractivity contribution in [2.45, 2.75) is 44.9 Å². The first kappa shape index (κ1) is 24.3. The average molecular weight is 459 g/mol. The summed E-state index contributed by atoms with van der Waals surface area (Å²) in [5.74, 6) is 1.47. The monoisotopic (exact) mass is 458 g/mol. The van der Waals surface area contributed by atoms with Crippen molar-refractivity contribution in [2.24, 2.45) is 0 Å². The summed E-state index contributed by atoms with van der Waals surface area (Å²) in [6.45, 7) is 11.0. The fourth-order valence-electron chi connectivity index (χ4n) is 3.98. The molecule has 32 heavy (non-hydrogen) atoms. The maximum atomic E-state index is 13.5. The van der Waals surface area contributed by atoms with Crippen LogP contribution in [0.15, 0.2) is 48.4 Å². The van der Waals surface area contributed by atoms with Gasteiger partial charge in [0, 0.05) is 30.1 Å². The molecular weight excluding hydrogens is 424 g/mol. The summed E-state index contributed by atoms with van der Waals surface area (Å²) < 4.78 is 11.4. The van der Waals surface area contributed by atoms with Crippen LogP contribution in [0.3, 0.4) is 0 Å². The lowest BCUT2D eigenvalue weighted by Crippen LogP contribution is -2.53. The smallest absolute Gasteiger partial charge is 0.237 e. The standard InChI is InChI=1S/C25H34N2O4S/c1-6-12-26(18(2)25(3,4)29)16-24(28)27-13-10-23-21(11-14-32-23)22(27)17-31-20-9-7-8-19(15-20)30-5/h6-9,11,14-15,18,22,29H,1,10,12-13,16-17H2,2-5H3/t18-,22+/m0/s1. The molecule has 174 valence electrons. The van der Waals surface area contributed by atoms with Gasteiger partial charge in [0.1, 0.15) is 18.1 Å². The molecule has 1 aliphatic rings. The molecule has 0 aliphatic carbocycles. The van der Waals surface area contributed by atoms with Crippen LogP contribution in [0.1, 0.15) is 37.3 Å². The molecule has 1 amide bonds. The summed E-state index contributed by atoms with van der Waals surface area (Å²) in [5, 5.41) is 12.6.